The van der Waals surface area contributed by atoms with Gasteiger partial charge in [-0.3, -0.25) is 0 Å². The molecule has 3 heterocycles. The Balaban J connectivity index is 1.40. The highest BCUT2D eigenvalue weighted by molar-refractivity contribution is 7.89. The molecule has 0 radical (unpaired) electrons. The van der Waals surface area contributed by atoms with Crippen LogP contribution in [0.3, 0.4) is 0 Å². The molecule has 29 heavy (non-hydrogen) atoms. The third-order valence-corrected chi connectivity index (χ3v) is 8.05. The Kier molecular flexibility index (Phi) is 6.03. The van der Waals surface area contributed by atoms with Gasteiger partial charge in [0.25, 0.3) is 0 Å². The highest BCUT2D eigenvalue weighted by Crippen LogP contribution is 2.26. The average molecular weight is 421 g/mol. The van der Waals surface area contributed by atoms with Gasteiger partial charge >= 0.3 is 0 Å². The fraction of sp³-hybridized carbons (Fsp3) is 0.571. The zero-order valence-corrected chi connectivity index (χ0v) is 17.7. The minimum atomic E-state index is -3.40. The number of rotatable bonds is 5. The summed E-state index contributed by atoms with van der Waals surface area (Å²) in [7, 11) is -3.40. The summed E-state index contributed by atoms with van der Waals surface area (Å²) >= 11 is 0. The molecule has 1 aromatic rings. The standard InChI is InChI=1S/C21H29FN4O2S/c1-2-24-11-13-25(14-12-24)21-8-5-18-15-26(10-9-20(18)23-21)29(27,28)16-17-3-6-19(22)7-4-17/h3,5-8,17H,2,4,9-16H2,1H3. The van der Waals surface area contributed by atoms with Crippen LogP contribution in [0.5, 0.6) is 0 Å². The van der Waals surface area contributed by atoms with Crippen LogP contribution >= 0.6 is 0 Å². The summed E-state index contributed by atoms with van der Waals surface area (Å²) in [6.45, 7) is 8.15. The van der Waals surface area contributed by atoms with Gasteiger partial charge in [-0.25, -0.2) is 17.8 Å². The van der Waals surface area contributed by atoms with Crippen molar-refractivity contribution in [1.29, 1.82) is 0 Å². The highest BCUT2D eigenvalue weighted by atomic mass is 32.2. The Labute approximate surface area is 172 Å². The van der Waals surface area contributed by atoms with Gasteiger partial charge in [0.2, 0.25) is 10.0 Å². The molecule has 1 saturated heterocycles. The number of nitrogens with zero attached hydrogens (tertiary/aromatic N) is 4. The molecule has 1 aliphatic carbocycles. The molecule has 0 N–H and O–H groups in total. The molecule has 4 rings (SSSR count). The van der Waals surface area contributed by atoms with E-state index in [-0.39, 0.29) is 17.5 Å². The maximum Gasteiger partial charge on any atom is 0.215 e. The number of halogens is 1. The zero-order chi connectivity index (χ0) is 20.4. The summed E-state index contributed by atoms with van der Waals surface area (Å²) in [5.74, 6) is 0.569. The molecule has 1 atom stereocenters. The first-order valence-corrected chi connectivity index (χ1v) is 12.0. The van der Waals surface area contributed by atoms with Crippen LogP contribution in [-0.4, -0.2) is 67.6 Å². The first kappa shape index (κ1) is 20.5. The van der Waals surface area contributed by atoms with E-state index < -0.39 is 10.0 Å². The van der Waals surface area contributed by atoms with Gasteiger partial charge in [-0.1, -0.05) is 19.1 Å². The van der Waals surface area contributed by atoms with Crippen LogP contribution in [0.4, 0.5) is 10.2 Å². The van der Waals surface area contributed by atoms with E-state index in [4.69, 9.17) is 4.98 Å². The first-order chi connectivity index (χ1) is 13.9. The number of hydrogen-bond donors (Lipinski definition) is 0. The Bertz CT molecular complexity index is 907. The maximum absolute atomic E-state index is 13.1. The number of likely N-dealkylation sites (N-methyl/N-ethyl adjacent to an activating group) is 1. The third-order valence-electron chi connectivity index (χ3n) is 6.10. The largest absolute Gasteiger partial charge is 0.354 e. The van der Waals surface area contributed by atoms with Crippen LogP contribution in [0, 0.1) is 5.92 Å². The molecule has 158 valence electrons. The fourth-order valence-corrected chi connectivity index (χ4v) is 5.93. The number of hydrogen-bond acceptors (Lipinski definition) is 5. The lowest BCUT2D eigenvalue weighted by molar-refractivity contribution is 0.270. The van der Waals surface area contributed by atoms with Crippen LogP contribution in [0.1, 0.15) is 24.6 Å². The molecule has 3 aliphatic rings. The Morgan fingerprint density at radius 3 is 2.66 bits per heavy atom. The van der Waals surface area contributed by atoms with Crippen molar-refractivity contribution in [2.45, 2.75) is 26.3 Å². The lowest BCUT2D eigenvalue weighted by Gasteiger charge is -2.35. The number of aromatic nitrogens is 1. The molecular formula is C21H29FN4O2S. The molecule has 0 aromatic carbocycles. The number of fused-ring (bicyclic) bond motifs is 1. The molecule has 0 bridgehead atoms. The van der Waals surface area contributed by atoms with Gasteiger partial charge in [-0.2, -0.15) is 4.31 Å². The smallest absolute Gasteiger partial charge is 0.215 e. The second-order valence-electron chi connectivity index (χ2n) is 8.00. The predicted octanol–water partition coefficient (Wildman–Crippen LogP) is 2.34. The second kappa shape index (κ2) is 8.53. The van der Waals surface area contributed by atoms with E-state index >= 15 is 0 Å². The molecule has 6 nitrogen and oxygen atoms in total. The minimum Gasteiger partial charge on any atom is -0.354 e. The summed E-state index contributed by atoms with van der Waals surface area (Å²) < 4.78 is 40.4. The zero-order valence-electron chi connectivity index (χ0n) is 16.9. The van der Waals surface area contributed by atoms with Crippen molar-refractivity contribution in [3.8, 4) is 0 Å². The van der Waals surface area contributed by atoms with Crippen LogP contribution in [0.15, 0.2) is 36.2 Å². The third kappa shape index (κ3) is 4.70. The van der Waals surface area contributed by atoms with Crippen molar-refractivity contribution >= 4 is 15.8 Å². The number of piperazine rings is 1. The molecule has 8 heteroatoms. The maximum atomic E-state index is 13.1. The molecule has 0 spiro atoms. The highest BCUT2D eigenvalue weighted by Gasteiger charge is 2.30. The van der Waals surface area contributed by atoms with Crippen molar-refractivity contribution < 1.29 is 12.8 Å². The van der Waals surface area contributed by atoms with Crippen molar-refractivity contribution in [3.05, 3.63) is 47.4 Å². The van der Waals surface area contributed by atoms with Crippen LogP contribution < -0.4 is 4.90 Å². The summed E-state index contributed by atoms with van der Waals surface area (Å²) in [5, 5.41) is 0. The van der Waals surface area contributed by atoms with Crippen molar-refractivity contribution in [2.24, 2.45) is 5.92 Å². The van der Waals surface area contributed by atoms with Crippen molar-refractivity contribution in [1.82, 2.24) is 14.2 Å². The summed E-state index contributed by atoms with van der Waals surface area (Å²) in [4.78, 5) is 9.60. The average Bonchev–Trinajstić information content (AvgIpc) is 2.74. The number of pyridine rings is 1. The SMILES string of the molecule is CCN1CCN(c2ccc3c(n2)CCN(S(=O)(=O)CC2C=CC(F)=CC2)C3)CC1. The van der Waals surface area contributed by atoms with Gasteiger partial charge in [0.15, 0.2) is 0 Å². The quantitative estimate of drug-likeness (QED) is 0.732. The summed E-state index contributed by atoms with van der Waals surface area (Å²) in [5.41, 5.74) is 2.00. The molecule has 0 amide bonds. The molecule has 1 unspecified atom stereocenters. The lowest BCUT2D eigenvalue weighted by atomic mass is 10.0. The van der Waals surface area contributed by atoms with E-state index in [1.807, 2.05) is 12.1 Å². The van der Waals surface area contributed by atoms with Gasteiger partial charge in [-0.15, -0.1) is 0 Å². The summed E-state index contributed by atoms with van der Waals surface area (Å²) in [6, 6.07) is 4.05. The van der Waals surface area contributed by atoms with Gasteiger partial charge in [0.05, 0.1) is 5.75 Å². The van der Waals surface area contributed by atoms with Gasteiger partial charge < -0.3 is 9.80 Å². The van der Waals surface area contributed by atoms with Gasteiger partial charge in [0.1, 0.15) is 11.6 Å². The monoisotopic (exact) mass is 420 g/mol. The topological polar surface area (TPSA) is 56.8 Å². The molecule has 2 aliphatic heterocycles. The van der Waals surface area contributed by atoms with Crippen LogP contribution in [-0.2, 0) is 23.0 Å². The van der Waals surface area contributed by atoms with E-state index in [0.717, 1.165) is 49.8 Å². The Morgan fingerprint density at radius 2 is 1.97 bits per heavy atom. The normalized spacial score (nSPS) is 23.7. The fourth-order valence-electron chi connectivity index (χ4n) is 4.22. The molecule has 1 aromatic heterocycles. The van der Waals surface area contributed by atoms with E-state index in [1.54, 1.807) is 10.4 Å². The number of sulfonamides is 1. The molecule has 1 fully saturated rings. The minimum absolute atomic E-state index is 0.0236. The Hall–Kier alpha value is -1.77. The van der Waals surface area contributed by atoms with E-state index in [2.05, 4.69) is 16.7 Å². The summed E-state index contributed by atoms with van der Waals surface area (Å²) in [6.07, 6.45) is 5.55. The predicted molar refractivity (Wildman–Crippen MR) is 113 cm³/mol. The molecular weight excluding hydrogens is 391 g/mol. The first-order valence-electron chi connectivity index (χ1n) is 10.4. The van der Waals surface area contributed by atoms with Crippen molar-refractivity contribution in [3.63, 3.8) is 0 Å². The molecule has 0 saturated carbocycles. The number of allylic oxidation sites excluding steroid dienone is 4. The van der Waals surface area contributed by atoms with E-state index in [1.165, 1.54) is 12.2 Å². The Morgan fingerprint density at radius 1 is 1.17 bits per heavy atom. The van der Waals surface area contributed by atoms with Crippen LogP contribution in [0.2, 0.25) is 0 Å². The van der Waals surface area contributed by atoms with Gasteiger partial charge in [-0.05, 0) is 42.7 Å². The van der Waals surface area contributed by atoms with E-state index in [9.17, 15) is 12.8 Å². The van der Waals surface area contributed by atoms with Crippen LogP contribution in [0.25, 0.3) is 0 Å². The van der Waals surface area contributed by atoms with E-state index in [0.29, 0.717) is 25.9 Å². The van der Waals surface area contributed by atoms with Gasteiger partial charge in [0, 0.05) is 51.4 Å². The number of anilines is 1. The second-order valence-corrected chi connectivity index (χ2v) is 10.0. The van der Waals surface area contributed by atoms with Crippen molar-refractivity contribution in [2.75, 3.05) is 49.9 Å². The lowest BCUT2D eigenvalue weighted by Crippen LogP contribution is -2.46.